The van der Waals surface area contributed by atoms with Crippen molar-refractivity contribution in [2.24, 2.45) is 7.05 Å². The van der Waals surface area contributed by atoms with E-state index in [0.717, 1.165) is 47.9 Å². The quantitative estimate of drug-likeness (QED) is 0.712. The van der Waals surface area contributed by atoms with E-state index in [0.29, 0.717) is 5.56 Å². The first-order chi connectivity index (χ1) is 12.5. The topological polar surface area (TPSA) is 51.0 Å². The lowest BCUT2D eigenvalue weighted by atomic mass is 10.0. The van der Waals surface area contributed by atoms with Crippen molar-refractivity contribution < 1.29 is 0 Å². The molecule has 3 heterocycles. The second-order valence-corrected chi connectivity index (χ2v) is 7.67. The van der Waals surface area contributed by atoms with Crippen LogP contribution in [0.5, 0.6) is 0 Å². The number of fused-ring (bicyclic) bond motifs is 1. The van der Waals surface area contributed by atoms with Crippen molar-refractivity contribution in [1.29, 1.82) is 0 Å². The molecule has 0 N–H and O–H groups in total. The van der Waals surface area contributed by atoms with Crippen molar-refractivity contribution >= 4 is 17.0 Å². The van der Waals surface area contributed by atoms with Gasteiger partial charge in [-0.05, 0) is 43.9 Å². The minimum atomic E-state index is -0.0858. The first kappa shape index (κ1) is 17.0. The first-order valence-electron chi connectivity index (χ1n) is 8.86. The van der Waals surface area contributed by atoms with Crippen LogP contribution >= 0.6 is 11.3 Å². The van der Waals surface area contributed by atoms with Gasteiger partial charge in [-0.25, -0.2) is 9.67 Å². The van der Waals surface area contributed by atoms with E-state index < -0.39 is 0 Å². The normalized spacial score (nSPS) is 13.7. The fraction of sp³-hybridized carbons (Fsp3) is 0.350. The molecule has 0 saturated heterocycles. The van der Waals surface area contributed by atoms with Gasteiger partial charge in [-0.3, -0.25) is 4.79 Å². The molecule has 0 bridgehead atoms. The van der Waals surface area contributed by atoms with Gasteiger partial charge in [-0.15, -0.1) is 11.3 Å². The molecule has 134 valence electrons. The number of rotatable bonds is 3. The Bertz CT molecular complexity index is 1020. The standard InChI is InChI=1S/C20H22N4OS/c1-13-14(2)22-23(3)20(25)18(13)19-21-16(12-26-19)11-24-10-6-8-15-7-4-5-9-17(15)24/h4-5,7,9,12H,6,8,10-11H2,1-3H3. The Morgan fingerprint density at radius 3 is 2.88 bits per heavy atom. The molecular formula is C20H22N4OS. The first-order valence-corrected chi connectivity index (χ1v) is 9.74. The predicted octanol–water partition coefficient (Wildman–Crippen LogP) is 3.47. The van der Waals surface area contributed by atoms with Gasteiger partial charge in [0.05, 0.1) is 23.5 Å². The molecule has 4 rings (SSSR count). The second kappa shape index (κ2) is 6.68. The summed E-state index contributed by atoms with van der Waals surface area (Å²) < 4.78 is 1.40. The number of thiazole rings is 1. The van der Waals surface area contributed by atoms with Crippen molar-refractivity contribution in [3.05, 3.63) is 62.5 Å². The van der Waals surface area contributed by atoms with Gasteiger partial charge in [0.15, 0.2) is 0 Å². The van der Waals surface area contributed by atoms with E-state index in [1.807, 2.05) is 13.8 Å². The van der Waals surface area contributed by atoms with Crippen LogP contribution in [0.15, 0.2) is 34.4 Å². The molecule has 0 amide bonds. The Kier molecular flexibility index (Phi) is 4.36. The van der Waals surface area contributed by atoms with Crippen molar-refractivity contribution in [3.8, 4) is 10.6 Å². The number of para-hydroxylation sites is 1. The highest BCUT2D eigenvalue weighted by molar-refractivity contribution is 7.13. The monoisotopic (exact) mass is 366 g/mol. The van der Waals surface area contributed by atoms with Gasteiger partial charge in [-0.2, -0.15) is 5.10 Å². The van der Waals surface area contributed by atoms with Crippen molar-refractivity contribution in [2.75, 3.05) is 11.4 Å². The number of anilines is 1. The molecule has 0 spiro atoms. The molecule has 0 saturated carbocycles. The highest BCUT2D eigenvalue weighted by atomic mass is 32.1. The average Bonchev–Trinajstić information content (AvgIpc) is 3.09. The average molecular weight is 366 g/mol. The van der Waals surface area contributed by atoms with Crippen LogP contribution in [0.3, 0.4) is 0 Å². The molecule has 3 aromatic rings. The molecule has 0 unspecified atom stereocenters. The molecule has 0 atom stereocenters. The number of benzene rings is 1. The van der Waals surface area contributed by atoms with Gasteiger partial charge in [-0.1, -0.05) is 18.2 Å². The summed E-state index contributed by atoms with van der Waals surface area (Å²) in [7, 11) is 1.69. The van der Waals surface area contributed by atoms with Crippen LogP contribution in [0, 0.1) is 13.8 Å². The molecule has 0 aliphatic carbocycles. The Morgan fingerprint density at radius 2 is 2.04 bits per heavy atom. The number of hydrogen-bond donors (Lipinski definition) is 0. The van der Waals surface area contributed by atoms with E-state index in [4.69, 9.17) is 4.98 Å². The van der Waals surface area contributed by atoms with Crippen molar-refractivity contribution in [1.82, 2.24) is 14.8 Å². The molecular weight excluding hydrogens is 344 g/mol. The highest BCUT2D eigenvalue weighted by Crippen LogP contribution is 2.30. The van der Waals surface area contributed by atoms with E-state index in [2.05, 4.69) is 39.6 Å². The Morgan fingerprint density at radius 1 is 1.23 bits per heavy atom. The zero-order valence-corrected chi connectivity index (χ0v) is 16.1. The van der Waals surface area contributed by atoms with E-state index in [9.17, 15) is 4.79 Å². The summed E-state index contributed by atoms with van der Waals surface area (Å²) in [5.74, 6) is 0. The molecule has 0 radical (unpaired) electrons. The van der Waals surface area contributed by atoms with Gasteiger partial charge >= 0.3 is 0 Å². The van der Waals surface area contributed by atoms with Gasteiger partial charge in [0.25, 0.3) is 5.56 Å². The Balaban J connectivity index is 1.66. The molecule has 1 aliphatic heterocycles. The lowest BCUT2D eigenvalue weighted by Gasteiger charge is -2.30. The summed E-state index contributed by atoms with van der Waals surface area (Å²) in [6.07, 6.45) is 2.30. The fourth-order valence-corrected chi connectivity index (χ4v) is 4.47. The maximum absolute atomic E-state index is 12.6. The van der Waals surface area contributed by atoms with E-state index in [1.54, 1.807) is 7.05 Å². The van der Waals surface area contributed by atoms with Crippen molar-refractivity contribution in [2.45, 2.75) is 33.2 Å². The largest absolute Gasteiger partial charge is 0.365 e. The summed E-state index contributed by atoms with van der Waals surface area (Å²) in [6, 6.07) is 8.60. The molecule has 26 heavy (non-hydrogen) atoms. The van der Waals surface area contributed by atoms with Crippen LogP contribution in [0.2, 0.25) is 0 Å². The third kappa shape index (κ3) is 2.94. The number of hydrogen-bond acceptors (Lipinski definition) is 5. The third-order valence-corrected chi connectivity index (χ3v) is 5.96. The predicted molar refractivity (Wildman–Crippen MR) is 106 cm³/mol. The maximum Gasteiger partial charge on any atom is 0.277 e. The molecule has 6 heteroatoms. The number of aryl methyl sites for hydroxylation is 3. The van der Waals surface area contributed by atoms with Crippen LogP contribution in [0.1, 0.15) is 28.9 Å². The minimum Gasteiger partial charge on any atom is -0.365 e. The number of nitrogens with zero attached hydrogens (tertiary/aromatic N) is 4. The fourth-order valence-electron chi connectivity index (χ4n) is 3.57. The van der Waals surface area contributed by atoms with Crippen LogP contribution < -0.4 is 10.5 Å². The molecule has 0 fully saturated rings. The molecule has 1 aliphatic rings. The summed E-state index contributed by atoms with van der Waals surface area (Å²) in [4.78, 5) is 19.7. The van der Waals surface area contributed by atoms with Gasteiger partial charge in [0.1, 0.15) is 5.01 Å². The summed E-state index contributed by atoms with van der Waals surface area (Å²) >= 11 is 1.54. The van der Waals surface area contributed by atoms with E-state index in [1.165, 1.54) is 27.3 Å². The van der Waals surface area contributed by atoms with Crippen LogP contribution in [-0.2, 0) is 20.0 Å². The second-order valence-electron chi connectivity index (χ2n) is 6.81. The maximum atomic E-state index is 12.6. The van der Waals surface area contributed by atoms with Gasteiger partial charge < -0.3 is 4.90 Å². The Labute approximate surface area is 156 Å². The lowest BCUT2D eigenvalue weighted by Crippen LogP contribution is -2.28. The van der Waals surface area contributed by atoms with Crippen LogP contribution in [-0.4, -0.2) is 21.3 Å². The van der Waals surface area contributed by atoms with E-state index >= 15 is 0 Å². The zero-order valence-electron chi connectivity index (χ0n) is 15.3. The van der Waals surface area contributed by atoms with Crippen molar-refractivity contribution in [3.63, 3.8) is 0 Å². The summed E-state index contributed by atoms with van der Waals surface area (Å²) in [5, 5.41) is 7.11. The van der Waals surface area contributed by atoms with Crippen LogP contribution in [0.25, 0.3) is 10.6 Å². The smallest absolute Gasteiger partial charge is 0.277 e. The Hall–Kier alpha value is -2.47. The molecule has 5 nitrogen and oxygen atoms in total. The van der Waals surface area contributed by atoms with Crippen LogP contribution in [0.4, 0.5) is 5.69 Å². The molecule has 1 aromatic carbocycles. The van der Waals surface area contributed by atoms with Gasteiger partial charge in [0.2, 0.25) is 0 Å². The van der Waals surface area contributed by atoms with Gasteiger partial charge in [0, 0.05) is 24.7 Å². The minimum absolute atomic E-state index is 0.0858. The zero-order chi connectivity index (χ0) is 18.3. The summed E-state index contributed by atoms with van der Waals surface area (Å²) in [6.45, 7) is 5.69. The third-order valence-electron chi connectivity index (χ3n) is 5.05. The molecule has 2 aromatic heterocycles. The number of aromatic nitrogens is 3. The van der Waals surface area contributed by atoms with E-state index in [-0.39, 0.29) is 5.56 Å². The SMILES string of the molecule is Cc1nn(C)c(=O)c(-c2nc(CN3CCCc4ccccc43)cs2)c1C. The lowest BCUT2D eigenvalue weighted by molar-refractivity contribution is 0.684. The highest BCUT2D eigenvalue weighted by Gasteiger charge is 2.19. The summed E-state index contributed by atoms with van der Waals surface area (Å²) in [5.41, 5.74) is 6.09.